The van der Waals surface area contributed by atoms with Gasteiger partial charge in [0.15, 0.2) is 5.84 Å². The van der Waals surface area contributed by atoms with Crippen LogP contribution in [0.3, 0.4) is 0 Å². The molecular weight excluding hydrogens is 316 g/mol. The summed E-state index contributed by atoms with van der Waals surface area (Å²) < 4.78 is 0. The Morgan fingerprint density at radius 1 is 0.800 bits per heavy atom. The van der Waals surface area contributed by atoms with Crippen molar-refractivity contribution in [2.75, 3.05) is 6.54 Å². The molecule has 150 valence electrons. The molecule has 0 atom stereocenters. The van der Waals surface area contributed by atoms with E-state index in [0.717, 1.165) is 6.54 Å². The van der Waals surface area contributed by atoms with Crippen LogP contribution in [0.4, 0.5) is 0 Å². The largest absolute Gasteiger partial charge is 0.393 e. The third-order valence-corrected chi connectivity index (χ3v) is 3.19. The van der Waals surface area contributed by atoms with Gasteiger partial charge < -0.3 is 21.1 Å². The van der Waals surface area contributed by atoms with E-state index in [-0.39, 0.29) is 18.0 Å². The quantitative estimate of drug-likeness (QED) is 0.218. The van der Waals surface area contributed by atoms with Crippen LogP contribution in [0.25, 0.3) is 0 Å². The lowest BCUT2D eigenvalue weighted by molar-refractivity contribution is 0.0829. The van der Waals surface area contributed by atoms with Gasteiger partial charge in [0.1, 0.15) is 17.9 Å². The standard InChI is InChI=1S/C10H23N.C9H19N3O2/c1-2-3-4-5-6-7-8-9-10-11;1-6(2)13-11-8(5)9(10)12-14-7(3)4/h2-11H2,1H3;6-7H,1-5H3,(H2,10,12). The number of nitrogens with two attached hydrogens (primary N) is 2. The van der Waals surface area contributed by atoms with Gasteiger partial charge in [0.2, 0.25) is 0 Å². The molecule has 25 heavy (non-hydrogen) atoms. The molecule has 0 radical (unpaired) electrons. The molecular formula is C19H42N4O2. The van der Waals surface area contributed by atoms with Crippen LogP contribution in [0.1, 0.15) is 92.9 Å². The Morgan fingerprint density at radius 2 is 1.24 bits per heavy atom. The van der Waals surface area contributed by atoms with E-state index in [9.17, 15) is 0 Å². The molecule has 0 aromatic rings. The van der Waals surface area contributed by atoms with Gasteiger partial charge in [-0.15, -0.1) is 0 Å². The van der Waals surface area contributed by atoms with E-state index < -0.39 is 0 Å². The van der Waals surface area contributed by atoms with Crippen molar-refractivity contribution in [3.63, 3.8) is 0 Å². The molecule has 0 aromatic heterocycles. The van der Waals surface area contributed by atoms with Gasteiger partial charge in [0.05, 0.1) is 0 Å². The fourth-order valence-corrected chi connectivity index (χ4v) is 1.74. The van der Waals surface area contributed by atoms with E-state index in [1.807, 2.05) is 27.7 Å². The smallest absolute Gasteiger partial charge is 0.187 e. The van der Waals surface area contributed by atoms with Crippen LogP contribution >= 0.6 is 0 Å². The second kappa shape index (κ2) is 19.0. The van der Waals surface area contributed by atoms with Crippen LogP contribution in [0.15, 0.2) is 10.3 Å². The Hall–Kier alpha value is -1.30. The van der Waals surface area contributed by atoms with Crippen LogP contribution in [0, 0.1) is 0 Å². The lowest BCUT2D eigenvalue weighted by Gasteiger charge is -2.05. The van der Waals surface area contributed by atoms with E-state index in [0.29, 0.717) is 5.71 Å². The van der Waals surface area contributed by atoms with Crippen LogP contribution in [0.2, 0.25) is 0 Å². The van der Waals surface area contributed by atoms with E-state index in [1.165, 1.54) is 51.4 Å². The van der Waals surface area contributed by atoms with Crippen molar-refractivity contribution in [1.29, 1.82) is 0 Å². The Kier molecular flexibility index (Phi) is 19.7. The van der Waals surface area contributed by atoms with E-state index >= 15 is 0 Å². The number of hydrogen-bond acceptors (Lipinski definition) is 5. The number of oxime groups is 2. The number of rotatable bonds is 13. The second-order valence-corrected chi connectivity index (χ2v) is 6.73. The summed E-state index contributed by atoms with van der Waals surface area (Å²) in [5.41, 5.74) is 11.5. The molecule has 0 aliphatic heterocycles. The predicted molar refractivity (Wildman–Crippen MR) is 109 cm³/mol. The molecule has 4 N–H and O–H groups in total. The summed E-state index contributed by atoms with van der Waals surface area (Å²) in [5.74, 6) is 0.236. The van der Waals surface area contributed by atoms with Gasteiger partial charge in [-0.3, -0.25) is 0 Å². The van der Waals surface area contributed by atoms with Gasteiger partial charge in [0.25, 0.3) is 0 Å². The zero-order chi connectivity index (χ0) is 19.5. The van der Waals surface area contributed by atoms with Crippen LogP contribution in [-0.2, 0) is 9.68 Å². The monoisotopic (exact) mass is 358 g/mol. The SMILES string of the molecule is CC(=NOC(C)C)C(N)=NOC(C)C.CCCCCCCCCCN. The molecule has 6 nitrogen and oxygen atoms in total. The summed E-state index contributed by atoms with van der Waals surface area (Å²) in [4.78, 5) is 9.96. The molecule has 0 aliphatic rings. The third-order valence-electron chi connectivity index (χ3n) is 3.19. The fourth-order valence-electron chi connectivity index (χ4n) is 1.74. The normalized spacial score (nSPS) is 12.2. The number of hydrogen-bond donors (Lipinski definition) is 2. The highest BCUT2D eigenvalue weighted by Gasteiger charge is 2.01. The third kappa shape index (κ3) is 22.7. The molecule has 0 saturated carbocycles. The van der Waals surface area contributed by atoms with Crippen molar-refractivity contribution in [1.82, 2.24) is 0 Å². The molecule has 0 rings (SSSR count). The van der Waals surface area contributed by atoms with Crippen LogP contribution in [0.5, 0.6) is 0 Å². The zero-order valence-electron chi connectivity index (χ0n) is 17.4. The van der Waals surface area contributed by atoms with Crippen molar-refractivity contribution in [2.24, 2.45) is 21.8 Å². The molecule has 0 amide bonds. The van der Waals surface area contributed by atoms with Gasteiger partial charge in [-0.2, -0.15) is 0 Å². The second-order valence-electron chi connectivity index (χ2n) is 6.73. The molecule has 0 aromatic carbocycles. The maximum atomic E-state index is 5.57. The molecule has 6 heteroatoms. The first-order valence-corrected chi connectivity index (χ1v) is 9.75. The highest BCUT2D eigenvalue weighted by Crippen LogP contribution is 2.07. The summed E-state index contributed by atoms with van der Waals surface area (Å²) in [6.45, 7) is 12.3. The zero-order valence-corrected chi connectivity index (χ0v) is 17.4. The maximum Gasteiger partial charge on any atom is 0.187 e. The van der Waals surface area contributed by atoms with E-state index in [2.05, 4.69) is 17.2 Å². The Labute approximate surface area is 155 Å². The van der Waals surface area contributed by atoms with Crippen molar-refractivity contribution in [2.45, 2.75) is 105 Å². The van der Waals surface area contributed by atoms with E-state index in [4.69, 9.17) is 21.1 Å². The summed E-state index contributed by atoms with van der Waals surface area (Å²) in [7, 11) is 0. The Balaban J connectivity index is 0. The van der Waals surface area contributed by atoms with Crippen LogP contribution in [-0.4, -0.2) is 30.3 Å². The van der Waals surface area contributed by atoms with Gasteiger partial charge in [-0.1, -0.05) is 62.2 Å². The number of nitrogens with zero attached hydrogens (tertiary/aromatic N) is 2. The van der Waals surface area contributed by atoms with Gasteiger partial charge in [-0.25, -0.2) is 0 Å². The molecule has 0 bridgehead atoms. The minimum absolute atomic E-state index is 0.00682. The van der Waals surface area contributed by atoms with Gasteiger partial charge >= 0.3 is 0 Å². The highest BCUT2D eigenvalue weighted by molar-refractivity contribution is 6.39. The average molecular weight is 359 g/mol. The predicted octanol–water partition coefficient (Wildman–Crippen LogP) is 4.57. The van der Waals surface area contributed by atoms with Crippen LogP contribution < -0.4 is 11.5 Å². The molecule has 0 fully saturated rings. The Bertz CT molecular complexity index is 310. The first-order valence-electron chi connectivity index (χ1n) is 9.75. The fraction of sp³-hybridized carbons (Fsp3) is 0.895. The lowest BCUT2D eigenvalue weighted by atomic mass is 10.1. The van der Waals surface area contributed by atoms with Crippen molar-refractivity contribution in [3.8, 4) is 0 Å². The lowest BCUT2D eigenvalue weighted by Crippen LogP contribution is -2.23. The van der Waals surface area contributed by atoms with Crippen molar-refractivity contribution in [3.05, 3.63) is 0 Å². The topological polar surface area (TPSA) is 95.2 Å². The number of unbranched alkanes of at least 4 members (excludes halogenated alkanes) is 7. The molecule has 0 spiro atoms. The van der Waals surface area contributed by atoms with Gasteiger partial charge in [-0.05, 0) is 47.6 Å². The number of amidine groups is 1. The Morgan fingerprint density at radius 3 is 1.68 bits per heavy atom. The summed E-state index contributed by atoms with van der Waals surface area (Å²) in [6, 6.07) is 0. The molecule has 0 unspecified atom stereocenters. The highest BCUT2D eigenvalue weighted by atomic mass is 16.6. The maximum absolute atomic E-state index is 5.57. The minimum atomic E-state index is 0.00682. The summed E-state index contributed by atoms with van der Waals surface area (Å²) in [6.07, 6.45) is 11.0. The summed E-state index contributed by atoms with van der Waals surface area (Å²) in [5, 5.41) is 7.47. The first kappa shape index (κ1) is 25.9. The summed E-state index contributed by atoms with van der Waals surface area (Å²) >= 11 is 0. The van der Waals surface area contributed by atoms with Crippen molar-refractivity contribution < 1.29 is 9.68 Å². The molecule has 0 saturated heterocycles. The average Bonchev–Trinajstić information content (AvgIpc) is 2.57. The van der Waals surface area contributed by atoms with Crippen molar-refractivity contribution >= 4 is 11.5 Å². The first-order chi connectivity index (χ1) is 11.8. The molecule has 0 aliphatic carbocycles. The van der Waals surface area contributed by atoms with E-state index in [1.54, 1.807) is 6.92 Å². The molecule has 0 heterocycles. The van der Waals surface area contributed by atoms with Gasteiger partial charge in [0, 0.05) is 0 Å². The minimum Gasteiger partial charge on any atom is -0.393 e.